The van der Waals surface area contributed by atoms with E-state index in [1.165, 1.54) is 63.4 Å². The number of carbonyl (C=O) groups excluding carboxylic acids is 1. The molecule has 1 aliphatic carbocycles. The van der Waals surface area contributed by atoms with Gasteiger partial charge in [-0.3, -0.25) is 4.79 Å². The van der Waals surface area contributed by atoms with E-state index in [0.29, 0.717) is 11.5 Å². The first kappa shape index (κ1) is 24.1. The van der Waals surface area contributed by atoms with Gasteiger partial charge in [-0.2, -0.15) is 4.31 Å². The molecule has 1 amide bonds. The average Bonchev–Trinajstić information content (AvgIpc) is 2.81. The normalized spacial score (nSPS) is 14.5. The van der Waals surface area contributed by atoms with Crippen LogP contribution >= 0.6 is 0 Å². The second-order valence-corrected chi connectivity index (χ2v) is 10.1. The highest BCUT2D eigenvalue weighted by molar-refractivity contribution is 7.89. The second-order valence-electron chi connectivity index (χ2n) is 8.04. The van der Waals surface area contributed by atoms with Crippen molar-refractivity contribution in [3.8, 4) is 11.5 Å². The molecule has 174 valence electrons. The number of nitrogens with one attached hydrogen (secondary N) is 1. The molecule has 0 spiro atoms. The lowest BCUT2D eigenvalue weighted by molar-refractivity contribution is -0.121. The van der Waals surface area contributed by atoms with Crippen LogP contribution in [0.1, 0.15) is 48.9 Å². The van der Waals surface area contributed by atoms with Gasteiger partial charge in [0.05, 0.1) is 31.7 Å². The van der Waals surface area contributed by atoms with Crippen LogP contribution in [-0.2, 0) is 27.7 Å². The lowest BCUT2D eigenvalue weighted by Gasteiger charge is -2.23. The zero-order chi connectivity index (χ0) is 23.3. The average molecular weight is 461 g/mol. The lowest BCUT2D eigenvalue weighted by atomic mass is 9.89. The number of ether oxygens (including phenoxy) is 2. The molecule has 1 aliphatic rings. The van der Waals surface area contributed by atoms with E-state index < -0.39 is 10.0 Å². The number of carbonyl (C=O) groups is 1. The van der Waals surface area contributed by atoms with Gasteiger partial charge in [-0.15, -0.1) is 0 Å². The smallest absolute Gasteiger partial charge is 0.243 e. The van der Waals surface area contributed by atoms with Crippen LogP contribution in [-0.4, -0.2) is 46.4 Å². The van der Waals surface area contributed by atoms with Gasteiger partial charge in [-0.25, -0.2) is 8.42 Å². The predicted octanol–water partition coefficient (Wildman–Crippen LogP) is 3.47. The molecule has 1 unspecified atom stereocenters. The van der Waals surface area contributed by atoms with Crippen molar-refractivity contribution < 1.29 is 22.7 Å². The number of benzene rings is 2. The van der Waals surface area contributed by atoms with Gasteiger partial charge in [-0.05, 0) is 60.9 Å². The van der Waals surface area contributed by atoms with Crippen LogP contribution in [0.3, 0.4) is 0 Å². The quantitative estimate of drug-likeness (QED) is 0.619. The highest BCUT2D eigenvalue weighted by Gasteiger charge is 2.25. The van der Waals surface area contributed by atoms with E-state index in [2.05, 4.69) is 23.5 Å². The summed E-state index contributed by atoms with van der Waals surface area (Å²) in [7, 11) is 0.443. The van der Waals surface area contributed by atoms with Crippen molar-refractivity contribution in [2.45, 2.75) is 50.0 Å². The van der Waals surface area contributed by atoms with Crippen LogP contribution in [0.5, 0.6) is 11.5 Å². The van der Waals surface area contributed by atoms with Crippen LogP contribution in [0.25, 0.3) is 0 Å². The number of fused-ring (bicyclic) bond motifs is 1. The van der Waals surface area contributed by atoms with E-state index in [0.717, 1.165) is 29.1 Å². The van der Waals surface area contributed by atoms with Gasteiger partial charge in [0.15, 0.2) is 11.5 Å². The van der Waals surface area contributed by atoms with Gasteiger partial charge < -0.3 is 14.8 Å². The molecule has 0 fully saturated rings. The van der Waals surface area contributed by atoms with Gasteiger partial charge in [0.2, 0.25) is 15.9 Å². The Morgan fingerprint density at radius 1 is 1.03 bits per heavy atom. The number of likely N-dealkylation sites (N-methyl/N-ethyl adjacent to an activating group) is 1. The highest BCUT2D eigenvalue weighted by atomic mass is 32.2. The summed E-state index contributed by atoms with van der Waals surface area (Å²) >= 11 is 0. The number of aryl methyl sites for hydroxylation is 2. The molecule has 0 saturated carbocycles. The maximum absolute atomic E-state index is 13.0. The summed E-state index contributed by atoms with van der Waals surface area (Å²) < 4.78 is 37.4. The number of rotatable bonds is 9. The minimum atomic E-state index is -3.87. The van der Waals surface area contributed by atoms with Gasteiger partial charge in [0.1, 0.15) is 0 Å². The maximum atomic E-state index is 13.0. The van der Waals surface area contributed by atoms with Crippen LogP contribution in [0.15, 0.2) is 41.3 Å². The molecule has 0 aliphatic heterocycles. The molecule has 0 bridgehead atoms. The van der Waals surface area contributed by atoms with Gasteiger partial charge >= 0.3 is 0 Å². The highest BCUT2D eigenvalue weighted by Crippen LogP contribution is 2.30. The van der Waals surface area contributed by atoms with Crippen LogP contribution in [0.2, 0.25) is 0 Å². The van der Waals surface area contributed by atoms with Gasteiger partial charge in [0, 0.05) is 13.1 Å². The van der Waals surface area contributed by atoms with E-state index in [4.69, 9.17) is 9.47 Å². The Labute approximate surface area is 190 Å². The van der Waals surface area contributed by atoms with Crippen LogP contribution < -0.4 is 14.8 Å². The first-order chi connectivity index (χ1) is 15.3. The van der Waals surface area contributed by atoms with Crippen LogP contribution in [0, 0.1) is 0 Å². The maximum Gasteiger partial charge on any atom is 0.243 e. The SMILES string of the molecule is CCC(NC(=O)CN(C)S(=O)(=O)c1ccc(OC)c(OC)c1)c1ccc2c(c1)CCCC2. The van der Waals surface area contributed by atoms with Crippen molar-refractivity contribution in [2.75, 3.05) is 27.8 Å². The molecule has 8 heteroatoms. The van der Waals surface area contributed by atoms with Gasteiger partial charge in [-0.1, -0.05) is 25.1 Å². The fraction of sp³-hybridized carbons (Fsp3) is 0.458. The first-order valence-corrected chi connectivity index (χ1v) is 12.3. The first-order valence-electron chi connectivity index (χ1n) is 10.9. The largest absolute Gasteiger partial charge is 0.493 e. The molecule has 2 aromatic rings. The standard InChI is InChI=1S/C24H32N2O5S/c1-5-21(19-11-10-17-8-6-7-9-18(17)14-19)25-24(27)16-26(2)32(28,29)20-12-13-22(30-3)23(15-20)31-4/h10-15,21H,5-9,16H2,1-4H3,(H,25,27). The Morgan fingerprint density at radius 3 is 2.38 bits per heavy atom. The van der Waals surface area contributed by atoms with E-state index in [1.54, 1.807) is 0 Å². The minimum absolute atomic E-state index is 0.0344. The monoisotopic (exact) mass is 460 g/mol. The van der Waals surface area contributed by atoms with Crippen molar-refractivity contribution >= 4 is 15.9 Å². The minimum Gasteiger partial charge on any atom is -0.493 e. The molecule has 32 heavy (non-hydrogen) atoms. The molecule has 1 N–H and O–H groups in total. The fourth-order valence-corrected chi connectivity index (χ4v) is 5.22. The Kier molecular flexibility index (Phi) is 7.79. The van der Waals surface area contributed by atoms with Crippen molar-refractivity contribution in [1.29, 1.82) is 0 Å². The Morgan fingerprint density at radius 2 is 1.72 bits per heavy atom. The third-order valence-electron chi connectivity index (χ3n) is 5.95. The summed E-state index contributed by atoms with van der Waals surface area (Å²) in [6.07, 6.45) is 5.31. The van der Waals surface area contributed by atoms with E-state index in [9.17, 15) is 13.2 Å². The van der Waals surface area contributed by atoms with Crippen molar-refractivity contribution in [2.24, 2.45) is 0 Å². The summed E-state index contributed by atoms with van der Waals surface area (Å²) in [5, 5.41) is 3.00. The topological polar surface area (TPSA) is 84.9 Å². The summed E-state index contributed by atoms with van der Waals surface area (Å²) in [4.78, 5) is 12.8. The lowest BCUT2D eigenvalue weighted by Crippen LogP contribution is -2.39. The summed E-state index contributed by atoms with van der Waals surface area (Å²) in [5.74, 6) is 0.397. The zero-order valence-electron chi connectivity index (χ0n) is 19.2. The van der Waals surface area contributed by atoms with Gasteiger partial charge in [0.25, 0.3) is 0 Å². The van der Waals surface area contributed by atoms with Crippen molar-refractivity contribution in [1.82, 2.24) is 9.62 Å². The van der Waals surface area contributed by atoms with Crippen LogP contribution in [0.4, 0.5) is 0 Å². The molecule has 0 aromatic heterocycles. The van der Waals surface area contributed by atoms with E-state index >= 15 is 0 Å². The Bertz CT molecular complexity index is 1070. The molecule has 0 radical (unpaired) electrons. The Hall–Kier alpha value is -2.58. The van der Waals surface area contributed by atoms with Crippen molar-refractivity contribution in [3.05, 3.63) is 53.1 Å². The molecule has 1 atom stereocenters. The number of methoxy groups -OCH3 is 2. The number of hydrogen-bond donors (Lipinski definition) is 1. The number of sulfonamides is 1. The van der Waals surface area contributed by atoms with E-state index in [-0.39, 0.29) is 23.4 Å². The predicted molar refractivity (Wildman–Crippen MR) is 124 cm³/mol. The zero-order valence-corrected chi connectivity index (χ0v) is 20.0. The number of nitrogens with zero attached hydrogens (tertiary/aromatic N) is 1. The third-order valence-corrected chi connectivity index (χ3v) is 7.75. The summed E-state index contributed by atoms with van der Waals surface area (Å²) in [6.45, 7) is 1.73. The molecule has 0 saturated heterocycles. The number of hydrogen-bond acceptors (Lipinski definition) is 5. The molecule has 2 aromatic carbocycles. The third kappa shape index (κ3) is 5.24. The fourth-order valence-electron chi connectivity index (χ4n) is 4.08. The Balaban J connectivity index is 1.70. The molecular weight excluding hydrogens is 428 g/mol. The summed E-state index contributed by atoms with van der Waals surface area (Å²) in [6, 6.07) is 10.6. The molecule has 7 nitrogen and oxygen atoms in total. The van der Waals surface area contributed by atoms with E-state index in [1.807, 2.05) is 6.92 Å². The number of amides is 1. The molecular formula is C24H32N2O5S. The summed E-state index contributed by atoms with van der Waals surface area (Å²) in [5.41, 5.74) is 3.81. The second kappa shape index (κ2) is 10.4. The molecule has 3 rings (SSSR count). The molecule has 0 heterocycles. The van der Waals surface area contributed by atoms with Crippen molar-refractivity contribution in [3.63, 3.8) is 0 Å².